The second-order valence-corrected chi connectivity index (χ2v) is 1.74. The van der Waals surface area contributed by atoms with Crippen molar-refractivity contribution in [3.05, 3.63) is 24.1 Å². The van der Waals surface area contributed by atoms with Gasteiger partial charge < -0.3 is 5.43 Å². The summed E-state index contributed by atoms with van der Waals surface area (Å²) in [7, 11) is 3.52. The summed E-state index contributed by atoms with van der Waals surface area (Å²) in [5.41, 5.74) is 3.58. The first-order valence-electron chi connectivity index (χ1n) is 3.02. The van der Waals surface area contributed by atoms with Crippen molar-refractivity contribution in [3.8, 4) is 0 Å². The van der Waals surface area contributed by atoms with Gasteiger partial charge >= 0.3 is 0 Å². The van der Waals surface area contributed by atoms with Gasteiger partial charge in [-0.2, -0.15) is 0 Å². The lowest BCUT2D eigenvalue weighted by Gasteiger charge is -2.01. The van der Waals surface area contributed by atoms with Gasteiger partial charge in [-0.3, -0.25) is 4.99 Å². The third-order valence-corrected chi connectivity index (χ3v) is 1.17. The van der Waals surface area contributed by atoms with Gasteiger partial charge in [-0.15, -0.1) is 0 Å². The first-order valence-corrected chi connectivity index (χ1v) is 3.02. The Morgan fingerprint density at radius 1 is 1.70 bits per heavy atom. The minimum absolute atomic E-state index is 0.671. The largest absolute Gasteiger partial charge is 0.326 e. The molecule has 1 rings (SSSR count). The molecule has 0 unspecified atom stereocenters. The SMILES string of the molecule is CN=c1ncccn1NC. The van der Waals surface area contributed by atoms with Gasteiger partial charge in [0.2, 0.25) is 5.62 Å². The van der Waals surface area contributed by atoms with Crippen LogP contribution < -0.4 is 11.0 Å². The molecule has 0 spiro atoms. The van der Waals surface area contributed by atoms with Crippen LogP contribution in [0.3, 0.4) is 0 Å². The Hall–Kier alpha value is -1.32. The summed E-state index contributed by atoms with van der Waals surface area (Å²) in [6.07, 6.45) is 3.56. The first-order chi connectivity index (χ1) is 4.88. The van der Waals surface area contributed by atoms with Crippen molar-refractivity contribution in [1.29, 1.82) is 0 Å². The molecule has 0 fully saturated rings. The van der Waals surface area contributed by atoms with E-state index in [1.54, 1.807) is 17.9 Å². The van der Waals surface area contributed by atoms with Gasteiger partial charge in [0, 0.05) is 26.5 Å². The highest BCUT2D eigenvalue weighted by Crippen LogP contribution is 1.70. The fourth-order valence-electron chi connectivity index (χ4n) is 0.703. The molecule has 0 atom stereocenters. The molecule has 54 valence electrons. The topological polar surface area (TPSA) is 42.2 Å². The quantitative estimate of drug-likeness (QED) is 0.573. The number of hydrogen-bond donors (Lipinski definition) is 1. The second-order valence-electron chi connectivity index (χ2n) is 1.74. The molecular formula is C6H10N4. The highest BCUT2D eigenvalue weighted by molar-refractivity contribution is 4.82. The van der Waals surface area contributed by atoms with Gasteiger partial charge in [0.1, 0.15) is 0 Å². The van der Waals surface area contributed by atoms with E-state index in [4.69, 9.17) is 0 Å². The van der Waals surface area contributed by atoms with Crippen molar-refractivity contribution in [3.63, 3.8) is 0 Å². The van der Waals surface area contributed by atoms with Crippen LogP contribution in [0.2, 0.25) is 0 Å². The van der Waals surface area contributed by atoms with E-state index < -0.39 is 0 Å². The minimum atomic E-state index is 0.671. The first kappa shape index (κ1) is 6.80. The van der Waals surface area contributed by atoms with Crippen LogP contribution in [-0.2, 0) is 0 Å². The van der Waals surface area contributed by atoms with E-state index >= 15 is 0 Å². The third kappa shape index (κ3) is 1.15. The Balaban J connectivity index is 3.23. The summed E-state index contributed by atoms with van der Waals surface area (Å²) in [5.74, 6) is 0. The second kappa shape index (κ2) is 3.00. The van der Waals surface area contributed by atoms with Crippen molar-refractivity contribution < 1.29 is 0 Å². The third-order valence-electron chi connectivity index (χ3n) is 1.17. The van der Waals surface area contributed by atoms with Crippen LogP contribution in [0.4, 0.5) is 0 Å². The average molecular weight is 138 g/mol. The summed E-state index contributed by atoms with van der Waals surface area (Å²) < 4.78 is 1.74. The van der Waals surface area contributed by atoms with E-state index in [2.05, 4.69) is 15.4 Å². The molecule has 0 saturated heterocycles. The van der Waals surface area contributed by atoms with Gasteiger partial charge in [0.25, 0.3) is 0 Å². The fourth-order valence-corrected chi connectivity index (χ4v) is 0.703. The summed E-state index contributed by atoms with van der Waals surface area (Å²) in [6.45, 7) is 0. The van der Waals surface area contributed by atoms with Gasteiger partial charge in [-0.25, -0.2) is 9.66 Å². The van der Waals surface area contributed by atoms with E-state index in [0.29, 0.717) is 5.62 Å². The van der Waals surface area contributed by atoms with Crippen LogP contribution in [-0.4, -0.2) is 23.8 Å². The zero-order valence-corrected chi connectivity index (χ0v) is 6.07. The number of rotatable bonds is 1. The highest BCUT2D eigenvalue weighted by atomic mass is 15.4. The lowest BCUT2D eigenvalue weighted by molar-refractivity contribution is 0.786. The molecule has 10 heavy (non-hydrogen) atoms. The molecule has 0 amide bonds. The fraction of sp³-hybridized carbons (Fsp3) is 0.333. The maximum absolute atomic E-state index is 4.00. The van der Waals surface area contributed by atoms with Crippen molar-refractivity contribution in [2.45, 2.75) is 0 Å². The minimum Gasteiger partial charge on any atom is -0.326 e. The van der Waals surface area contributed by atoms with Crippen LogP contribution in [0.15, 0.2) is 23.5 Å². The van der Waals surface area contributed by atoms with Gasteiger partial charge in [0.15, 0.2) is 0 Å². The Labute approximate surface area is 59.2 Å². The zero-order chi connectivity index (χ0) is 7.40. The van der Waals surface area contributed by atoms with Gasteiger partial charge in [-0.1, -0.05) is 0 Å². The molecule has 1 N–H and O–H groups in total. The molecule has 0 radical (unpaired) electrons. The van der Waals surface area contributed by atoms with Crippen LogP contribution in [0.1, 0.15) is 0 Å². The summed E-state index contributed by atoms with van der Waals surface area (Å²) in [4.78, 5) is 7.93. The van der Waals surface area contributed by atoms with Crippen molar-refractivity contribution in [2.24, 2.45) is 4.99 Å². The molecule has 0 saturated carbocycles. The summed E-state index contributed by atoms with van der Waals surface area (Å²) in [5, 5.41) is 0. The average Bonchev–Trinajstić information content (AvgIpc) is 2.04. The molecule has 4 nitrogen and oxygen atoms in total. The molecule has 0 aromatic carbocycles. The van der Waals surface area contributed by atoms with Crippen LogP contribution in [0, 0.1) is 0 Å². The maximum Gasteiger partial charge on any atom is 0.243 e. The van der Waals surface area contributed by atoms with E-state index in [-0.39, 0.29) is 0 Å². The highest BCUT2D eigenvalue weighted by Gasteiger charge is 1.83. The number of aromatic nitrogens is 2. The molecule has 1 aromatic heterocycles. The lowest BCUT2D eigenvalue weighted by atomic mass is 10.7. The van der Waals surface area contributed by atoms with E-state index in [0.717, 1.165) is 0 Å². The Morgan fingerprint density at radius 2 is 2.50 bits per heavy atom. The number of nitrogens with one attached hydrogen (secondary N) is 1. The Morgan fingerprint density at radius 3 is 3.00 bits per heavy atom. The molecule has 4 heteroatoms. The van der Waals surface area contributed by atoms with Crippen molar-refractivity contribution in [2.75, 3.05) is 19.5 Å². The van der Waals surface area contributed by atoms with Crippen molar-refractivity contribution in [1.82, 2.24) is 9.66 Å². The van der Waals surface area contributed by atoms with Crippen molar-refractivity contribution >= 4 is 0 Å². The predicted octanol–water partition coefficient (Wildman–Crippen LogP) is -0.413. The standard InChI is InChI=1S/C6H10N4/c1-7-6-9-4-3-5-10(6)8-2/h3-5,8H,1-2H3. The summed E-state index contributed by atoms with van der Waals surface area (Å²) in [6, 6.07) is 1.84. The van der Waals surface area contributed by atoms with Gasteiger partial charge in [-0.05, 0) is 6.07 Å². The van der Waals surface area contributed by atoms with Gasteiger partial charge in [0.05, 0.1) is 0 Å². The summed E-state index contributed by atoms with van der Waals surface area (Å²) >= 11 is 0. The van der Waals surface area contributed by atoms with E-state index in [1.807, 2.05) is 19.3 Å². The molecule has 0 aliphatic heterocycles. The monoisotopic (exact) mass is 138 g/mol. The zero-order valence-electron chi connectivity index (χ0n) is 6.07. The Bertz CT molecular complexity index is 262. The maximum atomic E-state index is 4.00. The Kier molecular flexibility index (Phi) is 2.04. The van der Waals surface area contributed by atoms with Crippen LogP contribution in [0.5, 0.6) is 0 Å². The number of nitrogens with zero attached hydrogens (tertiary/aromatic N) is 3. The smallest absolute Gasteiger partial charge is 0.243 e. The van der Waals surface area contributed by atoms with E-state index in [1.165, 1.54) is 0 Å². The predicted molar refractivity (Wildman–Crippen MR) is 39.0 cm³/mol. The molecule has 0 aliphatic carbocycles. The molecule has 1 heterocycles. The van der Waals surface area contributed by atoms with Crippen LogP contribution in [0.25, 0.3) is 0 Å². The molecular weight excluding hydrogens is 128 g/mol. The van der Waals surface area contributed by atoms with Crippen LogP contribution >= 0.6 is 0 Å². The number of hydrogen-bond acceptors (Lipinski definition) is 3. The molecule has 0 aliphatic rings. The normalized spacial score (nSPS) is 11.6. The van der Waals surface area contributed by atoms with E-state index in [9.17, 15) is 0 Å². The molecule has 0 bridgehead atoms. The lowest BCUT2D eigenvalue weighted by Crippen LogP contribution is -2.28. The molecule has 1 aromatic rings.